The molecule has 1 aromatic carbocycles. The van der Waals surface area contributed by atoms with Crippen LogP contribution in [0.5, 0.6) is 0 Å². The Bertz CT molecular complexity index is 525. The van der Waals surface area contributed by atoms with Gasteiger partial charge in [0.05, 0.1) is 6.54 Å². The first-order valence-electron chi connectivity index (χ1n) is 5.22. The molecular weight excluding hydrogens is 207 g/mol. The lowest BCUT2D eigenvalue weighted by atomic mass is 10.2. The number of aromatic nitrogens is 2. The summed E-state index contributed by atoms with van der Waals surface area (Å²) >= 11 is 0. The van der Waals surface area contributed by atoms with Gasteiger partial charge in [-0.05, 0) is 24.1 Å². The smallest absolute Gasteiger partial charge is 0.267 e. The number of aryl methyl sites for hydroxylation is 1. The Morgan fingerprint density at radius 3 is 2.56 bits per heavy atom. The molecule has 2 aromatic rings. The molecule has 16 heavy (non-hydrogen) atoms. The summed E-state index contributed by atoms with van der Waals surface area (Å²) in [6, 6.07) is 7.72. The van der Waals surface area contributed by atoms with Crippen molar-refractivity contribution >= 4 is 0 Å². The molecule has 0 spiro atoms. The lowest BCUT2D eigenvalue weighted by Gasteiger charge is -2.02. The predicted molar refractivity (Wildman–Crippen MR) is 59.9 cm³/mol. The number of hydrogen-bond donors (Lipinski definition) is 1. The molecule has 3 nitrogen and oxygen atoms in total. The second-order valence-corrected chi connectivity index (χ2v) is 3.69. The number of rotatable bonds is 3. The van der Waals surface area contributed by atoms with Crippen LogP contribution in [-0.4, -0.2) is 9.78 Å². The average molecular weight is 220 g/mol. The van der Waals surface area contributed by atoms with E-state index in [0.29, 0.717) is 6.54 Å². The minimum absolute atomic E-state index is 0.0545. The van der Waals surface area contributed by atoms with Crippen LogP contribution in [0, 0.1) is 5.82 Å². The van der Waals surface area contributed by atoms with Crippen LogP contribution in [0.1, 0.15) is 18.2 Å². The normalized spacial score (nSPS) is 10.6. The van der Waals surface area contributed by atoms with E-state index in [1.54, 1.807) is 18.2 Å². The third kappa shape index (κ3) is 2.21. The molecule has 0 atom stereocenters. The van der Waals surface area contributed by atoms with Gasteiger partial charge in [0, 0.05) is 11.8 Å². The highest BCUT2D eigenvalue weighted by atomic mass is 19.1. The van der Waals surface area contributed by atoms with E-state index in [2.05, 4.69) is 5.10 Å². The van der Waals surface area contributed by atoms with Gasteiger partial charge in [-0.1, -0.05) is 19.1 Å². The Balaban J connectivity index is 2.23. The number of H-pyrrole nitrogens is 1. The minimum Gasteiger partial charge on any atom is -0.299 e. The summed E-state index contributed by atoms with van der Waals surface area (Å²) in [5, 5.41) is 3.00. The molecule has 0 saturated heterocycles. The molecule has 4 heteroatoms. The fourth-order valence-electron chi connectivity index (χ4n) is 1.56. The van der Waals surface area contributed by atoms with Gasteiger partial charge in [-0.15, -0.1) is 0 Å². The second kappa shape index (κ2) is 4.35. The summed E-state index contributed by atoms with van der Waals surface area (Å²) in [5.74, 6) is -0.267. The zero-order chi connectivity index (χ0) is 11.5. The van der Waals surface area contributed by atoms with Crippen LogP contribution in [0.15, 0.2) is 35.1 Å². The van der Waals surface area contributed by atoms with E-state index < -0.39 is 0 Å². The first-order valence-corrected chi connectivity index (χ1v) is 5.22. The van der Waals surface area contributed by atoms with E-state index in [0.717, 1.165) is 17.7 Å². The number of nitrogens with zero attached hydrogens (tertiary/aromatic N) is 1. The van der Waals surface area contributed by atoms with Crippen LogP contribution in [0.4, 0.5) is 4.39 Å². The maximum Gasteiger partial charge on any atom is 0.267 e. The Morgan fingerprint density at radius 1 is 1.31 bits per heavy atom. The molecule has 2 rings (SSSR count). The van der Waals surface area contributed by atoms with Crippen molar-refractivity contribution in [2.75, 3.05) is 0 Å². The summed E-state index contributed by atoms with van der Waals surface area (Å²) in [6.07, 6.45) is 0.797. The molecule has 0 unspecified atom stereocenters. The minimum atomic E-state index is -0.267. The SMILES string of the molecule is CCc1cc(=O)n(Cc2ccc(F)cc2)[nH]1. The highest BCUT2D eigenvalue weighted by Gasteiger charge is 2.02. The van der Waals surface area contributed by atoms with Crippen molar-refractivity contribution < 1.29 is 4.39 Å². The predicted octanol–water partition coefficient (Wildman–Crippen LogP) is 1.93. The molecular formula is C12H13FN2O. The second-order valence-electron chi connectivity index (χ2n) is 3.69. The molecule has 1 N–H and O–H groups in total. The zero-order valence-corrected chi connectivity index (χ0v) is 9.03. The van der Waals surface area contributed by atoms with Gasteiger partial charge < -0.3 is 0 Å². The molecule has 84 valence electrons. The molecule has 1 heterocycles. The number of halogens is 1. The van der Waals surface area contributed by atoms with Crippen LogP contribution in [0.3, 0.4) is 0 Å². The lowest BCUT2D eigenvalue weighted by molar-refractivity contribution is 0.621. The Morgan fingerprint density at radius 2 is 2.00 bits per heavy atom. The molecule has 0 aliphatic rings. The van der Waals surface area contributed by atoms with E-state index in [-0.39, 0.29) is 11.4 Å². The quantitative estimate of drug-likeness (QED) is 0.843. The Hall–Kier alpha value is -1.84. The lowest BCUT2D eigenvalue weighted by Crippen LogP contribution is -2.16. The molecule has 0 amide bonds. The zero-order valence-electron chi connectivity index (χ0n) is 9.03. The molecule has 0 aliphatic carbocycles. The largest absolute Gasteiger partial charge is 0.299 e. The van der Waals surface area contributed by atoms with Crippen LogP contribution >= 0.6 is 0 Å². The van der Waals surface area contributed by atoms with Gasteiger partial charge in [0.25, 0.3) is 5.56 Å². The Labute approximate surface area is 92.5 Å². The van der Waals surface area contributed by atoms with Crippen molar-refractivity contribution in [3.05, 3.63) is 57.8 Å². The van der Waals surface area contributed by atoms with E-state index in [1.807, 2.05) is 6.92 Å². The Kier molecular flexibility index (Phi) is 2.90. The third-order valence-corrected chi connectivity index (χ3v) is 2.48. The summed E-state index contributed by atoms with van der Waals surface area (Å²) in [6.45, 7) is 2.42. The monoisotopic (exact) mass is 220 g/mol. The molecule has 0 bridgehead atoms. The highest BCUT2D eigenvalue weighted by Crippen LogP contribution is 2.04. The van der Waals surface area contributed by atoms with Crippen molar-refractivity contribution in [2.45, 2.75) is 19.9 Å². The van der Waals surface area contributed by atoms with Crippen molar-refractivity contribution in [3.63, 3.8) is 0 Å². The fraction of sp³-hybridized carbons (Fsp3) is 0.250. The van der Waals surface area contributed by atoms with Gasteiger partial charge in [-0.2, -0.15) is 0 Å². The fourth-order valence-corrected chi connectivity index (χ4v) is 1.56. The van der Waals surface area contributed by atoms with Gasteiger partial charge in [-0.25, -0.2) is 9.07 Å². The summed E-state index contributed by atoms with van der Waals surface area (Å²) < 4.78 is 14.2. The van der Waals surface area contributed by atoms with Gasteiger partial charge in [0.1, 0.15) is 5.82 Å². The maximum absolute atomic E-state index is 12.7. The summed E-state index contributed by atoms with van der Waals surface area (Å²) in [7, 11) is 0. The summed E-state index contributed by atoms with van der Waals surface area (Å²) in [4.78, 5) is 11.5. The van der Waals surface area contributed by atoms with Crippen molar-refractivity contribution in [1.29, 1.82) is 0 Å². The van der Waals surface area contributed by atoms with Gasteiger partial charge in [-0.3, -0.25) is 9.89 Å². The molecule has 0 radical (unpaired) electrons. The topological polar surface area (TPSA) is 37.8 Å². The van der Waals surface area contributed by atoms with Crippen LogP contribution in [0.2, 0.25) is 0 Å². The van der Waals surface area contributed by atoms with Crippen molar-refractivity contribution in [2.24, 2.45) is 0 Å². The third-order valence-electron chi connectivity index (χ3n) is 2.48. The van der Waals surface area contributed by atoms with E-state index >= 15 is 0 Å². The molecule has 0 aliphatic heterocycles. The number of aromatic amines is 1. The van der Waals surface area contributed by atoms with Crippen molar-refractivity contribution in [1.82, 2.24) is 9.78 Å². The van der Waals surface area contributed by atoms with Crippen LogP contribution < -0.4 is 5.56 Å². The van der Waals surface area contributed by atoms with Gasteiger partial charge in [0.2, 0.25) is 0 Å². The highest BCUT2D eigenvalue weighted by molar-refractivity contribution is 5.16. The van der Waals surface area contributed by atoms with E-state index in [1.165, 1.54) is 16.8 Å². The van der Waals surface area contributed by atoms with Gasteiger partial charge >= 0.3 is 0 Å². The van der Waals surface area contributed by atoms with Crippen LogP contribution in [0.25, 0.3) is 0 Å². The maximum atomic E-state index is 12.7. The first-order chi connectivity index (χ1) is 7.69. The van der Waals surface area contributed by atoms with Gasteiger partial charge in [0.15, 0.2) is 0 Å². The molecule has 1 aromatic heterocycles. The van der Waals surface area contributed by atoms with Crippen molar-refractivity contribution in [3.8, 4) is 0 Å². The average Bonchev–Trinajstić information content (AvgIpc) is 2.63. The number of benzene rings is 1. The molecule has 0 saturated carbocycles. The van der Waals surface area contributed by atoms with E-state index in [9.17, 15) is 9.18 Å². The molecule has 0 fully saturated rings. The van der Waals surface area contributed by atoms with E-state index in [4.69, 9.17) is 0 Å². The standard InChI is InChI=1S/C12H13FN2O/c1-2-11-7-12(16)15(14-11)8-9-3-5-10(13)6-4-9/h3-7,14H,2,8H2,1H3. The first kappa shape index (κ1) is 10.7. The number of nitrogens with one attached hydrogen (secondary N) is 1. The van der Waals surface area contributed by atoms with Crippen LogP contribution in [-0.2, 0) is 13.0 Å². The summed E-state index contributed by atoms with van der Waals surface area (Å²) in [5.41, 5.74) is 1.75. The number of hydrogen-bond acceptors (Lipinski definition) is 1.